The van der Waals surface area contributed by atoms with E-state index in [1.165, 1.54) is 12.8 Å². The minimum absolute atomic E-state index is 0.182. The summed E-state index contributed by atoms with van der Waals surface area (Å²) in [5.74, 6) is 0.623. The van der Waals surface area contributed by atoms with Crippen LogP contribution in [0.3, 0.4) is 0 Å². The number of rotatable bonds is 4. The van der Waals surface area contributed by atoms with Crippen LogP contribution in [0.25, 0.3) is 0 Å². The zero-order valence-corrected chi connectivity index (χ0v) is 17.4. The molecule has 27 heavy (non-hydrogen) atoms. The van der Waals surface area contributed by atoms with E-state index >= 15 is 0 Å². The molecule has 0 unspecified atom stereocenters. The maximum absolute atomic E-state index is 12.2. The van der Waals surface area contributed by atoms with Gasteiger partial charge in [0.05, 0.1) is 12.7 Å². The molecule has 156 valence electrons. The Morgan fingerprint density at radius 3 is 2.26 bits per heavy atom. The standard InChI is InChI=1S/C20H38N4O3/c1-20(2,3)27-19(25)24-12-10-23(11-13-24)14-17-4-5-18(26-16-17)15-22-8-6-21-7-9-22/h17-18,21H,4-16H2,1-3H3/t17-,18-/m1/s1. The fourth-order valence-corrected chi connectivity index (χ4v) is 4.13. The number of piperazine rings is 2. The van der Waals surface area contributed by atoms with Gasteiger partial charge in [-0.15, -0.1) is 0 Å². The molecule has 1 N–H and O–H groups in total. The van der Waals surface area contributed by atoms with Crippen LogP contribution in [0.15, 0.2) is 0 Å². The molecule has 0 aliphatic carbocycles. The number of ether oxygens (including phenoxy) is 2. The number of carbonyl (C=O) groups is 1. The topological polar surface area (TPSA) is 57.3 Å². The van der Waals surface area contributed by atoms with Crippen molar-refractivity contribution in [2.75, 3.05) is 72.1 Å². The summed E-state index contributed by atoms with van der Waals surface area (Å²) in [7, 11) is 0. The summed E-state index contributed by atoms with van der Waals surface area (Å²) in [6.07, 6.45) is 2.65. The predicted octanol–water partition coefficient (Wildman–Crippen LogP) is 1.24. The Balaban J connectivity index is 1.31. The lowest BCUT2D eigenvalue weighted by molar-refractivity contribution is -0.0438. The van der Waals surface area contributed by atoms with Gasteiger partial charge in [-0.05, 0) is 39.5 Å². The normalized spacial score (nSPS) is 28.9. The van der Waals surface area contributed by atoms with Crippen molar-refractivity contribution in [3.05, 3.63) is 0 Å². The first-order valence-electron chi connectivity index (χ1n) is 10.6. The lowest BCUT2D eigenvalue weighted by atomic mass is 9.97. The van der Waals surface area contributed by atoms with Crippen molar-refractivity contribution in [2.45, 2.75) is 45.3 Å². The molecule has 7 heteroatoms. The highest BCUT2D eigenvalue weighted by Gasteiger charge is 2.29. The van der Waals surface area contributed by atoms with E-state index in [2.05, 4.69) is 15.1 Å². The molecular formula is C20H38N4O3. The molecule has 3 saturated heterocycles. The first-order chi connectivity index (χ1) is 12.9. The molecule has 0 aromatic carbocycles. The maximum Gasteiger partial charge on any atom is 0.410 e. The largest absolute Gasteiger partial charge is 0.444 e. The third kappa shape index (κ3) is 6.89. The maximum atomic E-state index is 12.2. The molecule has 0 saturated carbocycles. The monoisotopic (exact) mass is 382 g/mol. The smallest absolute Gasteiger partial charge is 0.410 e. The lowest BCUT2D eigenvalue weighted by Crippen LogP contribution is -2.52. The van der Waals surface area contributed by atoms with Crippen LogP contribution in [0, 0.1) is 5.92 Å². The molecule has 1 amide bonds. The van der Waals surface area contributed by atoms with Gasteiger partial charge in [0.25, 0.3) is 0 Å². The second-order valence-corrected chi connectivity index (χ2v) is 9.22. The summed E-state index contributed by atoms with van der Waals surface area (Å²) in [6.45, 7) is 16.7. The van der Waals surface area contributed by atoms with Crippen LogP contribution < -0.4 is 5.32 Å². The van der Waals surface area contributed by atoms with E-state index in [4.69, 9.17) is 9.47 Å². The van der Waals surface area contributed by atoms with Crippen molar-refractivity contribution < 1.29 is 14.3 Å². The summed E-state index contributed by atoms with van der Waals surface area (Å²) in [6, 6.07) is 0. The van der Waals surface area contributed by atoms with Crippen LogP contribution in [-0.4, -0.2) is 105 Å². The molecule has 3 fully saturated rings. The molecular weight excluding hydrogens is 344 g/mol. The Labute approximate surface area is 164 Å². The van der Waals surface area contributed by atoms with E-state index in [-0.39, 0.29) is 6.09 Å². The number of nitrogens with zero attached hydrogens (tertiary/aromatic N) is 3. The van der Waals surface area contributed by atoms with Gasteiger partial charge in [-0.3, -0.25) is 9.80 Å². The Morgan fingerprint density at radius 1 is 1.00 bits per heavy atom. The van der Waals surface area contributed by atoms with Crippen molar-refractivity contribution in [1.29, 1.82) is 0 Å². The van der Waals surface area contributed by atoms with Gasteiger partial charge in [0.15, 0.2) is 0 Å². The quantitative estimate of drug-likeness (QED) is 0.790. The summed E-state index contributed by atoms with van der Waals surface area (Å²) >= 11 is 0. The van der Waals surface area contributed by atoms with Gasteiger partial charge in [0.1, 0.15) is 5.60 Å². The highest BCUT2D eigenvalue weighted by molar-refractivity contribution is 5.68. The number of carbonyl (C=O) groups excluding carboxylic acids is 1. The van der Waals surface area contributed by atoms with Crippen LogP contribution in [0.4, 0.5) is 4.79 Å². The molecule has 0 radical (unpaired) electrons. The molecule has 7 nitrogen and oxygen atoms in total. The van der Waals surface area contributed by atoms with Crippen LogP contribution in [0.1, 0.15) is 33.6 Å². The van der Waals surface area contributed by atoms with Crippen LogP contribution in [-0.2, 0) is 9.47 Å². The van der Waals surface area contributed by atoms with Gasteiger partial charge in [-0.2, -0.15) is 0 Å². The lowest BCUT2D eigenvalue weighted by Gasteiger charge is -2.39. The molecule has 0 bridgehead atoms. The van der Waals surface area contributed by atoms with E-state index in [1.807, 2.05) is 25.7 Å². The van der Waals surface area contributed by atoms with Crippen molar-refractivity contribution in [3.63, 3.8) is 0 Å². The summed E-state index contributed by atoms with van der Waals surface area (Å²) in [4.78, 5) is 19.0. The van der Waals surface area contributed by atoms with Crippen molar-refractivity contribution in [1.82, 2.24) is 20.0 Å². The third-order valence-corrected chi connectivity index (χ3v) is 5.68. The highest BCUT2D eigenvalue weighted by atomic mass is 16.6. The predicted molar refractivity (Wildman–Crippen MR) is 106 cm³/mol. The second kappa shape index (κ2) is 9.54. The molecule has 3 rings (SSSR count). The summed E-state index contributed by atoms with van der Waals surface area (Å²) in [5.41, 5.74) is -0.422. The van der Waals surface area contributed by atoms with Crippen molar-refractivity contribution in [3.8, 4) is 0 Å². The Morgan fingerprint density at radius 2 is 1.67 bits per heavy atom. The van der Waals surface area contributed by atoms with Gasteiger partial charge in [0, 0.05) is 65.4 Å². The molecule has 3 aliphatic heterocycles. The van der Waals surface area contributed by atoms with E-state index in [1.54, 1.807) is 0 Å². The highest BCUT2D eigenvalue weighted by Crippen LogP contribution is 2.22. The van der Waals surface area contributed by atoms with Gasteiger partial charge < -0.3 is 19.7 Å². The van der Waals surface area contributed by atoms with Crippen LogP contribution >= 0.6 is 0 Å². The summed E-state index contributed by atoms with van der Waals surface area (Å²) in [5, 5.41) is 3.41. The number of amides is 1. The SMILES string of the molecule is CC(C)(C)OC(=O)N1CCN(C[C@H]2CC[C@H](CN3CCNCC3)OC2)CC1. The molecule has 3 aliphatic rings. The van der Waals surface area contributed by atoms with Crippen molar-refractivity contribution >= 4 is 6.09 Å². The molecule has 0 spiro atoms. The van der Waals surface area contributed by atoms with Gasteiger partial charge in [-0.1, -0.05) is 0 Å². The van der Waals surface area contributed by atoms with E-state index in [0.717, 1.165) is 72.1 Å². The minimum Gasteiger partial charge on any atom is -0.444 e. The van der Waals surface area contributed by atoms with Gasteiger partial charge >= 0.3 is 6.09 Å². The van der Waals surface area contributed by atoms with Crippen molar-refractivity contribution in [2.24, 2.45) is 5.92 Å². The first kappa shape index (κ1) is 20.8. The second-order valence-electron chi connectivity index (χ2n) is 9.22. The average Bonchev–Trinajstić information content (AvgIpc) is 2.63. The van der Waals surface area contributed by atoms with E-state index in [9.17, 15) is 4.79 Å². The Hall–Kier alpha value is -0.890. The fraction of sp³-hybridized carbons (Fsp3) is 0.950. The van der Waals surface area contributed by atoms with E-state index in [0.29, 0.717) is 12.0 Å². The number of nitrogens with one attached hydrogen (secondary N) is 1. The van der Waals surface area contributed by atoms with Crippen LogP contribution in [0.2, 0.25) is 0 Å². The van der Waals surface area contributed by atoms with Crippen LogP contribution in [0.5, 0.6) is 0 Å². The Kier molecular flexibility index (Phi) is 7.36. The zero-order valence-electron chi connectivity index (χ0n) is 17.4. The molecule has 3 heterocycles. The Bertz CT molecular complexity index is 460. The van der Waals surface area contributed by atoms with Gasteiger partial charge in [-0.25, -0.2) is 4.79 Å². The summed E-state index contributed by atoms with van der Waals surface area (Å²) < 4.78 is 11.7. The fourth-order valence-electron chi connectivity index (χ4n) is 4.13. The zero-order chi connectivity index (χ0) is 19.3. The number of hydrogen-bond donors (Lipinski definition) is 1. The van der Waals surface area contributed by atoms with Gasteiger partial charge in [0.2, 0.25) is 0 Å². The van der Waals surface area contributed by atoms with E-state index < -0.39 is 5.60 Å². The molecule has 0 aromatic heterocycles. The minimum atomic E-state index is -0.422. The number of hydrogen-bond acceptors (Lipinski definition) is 6. The average molecular weight is 383 g/mol. The first-order valence-corrected chi connectivity index (χ1v) is 10.6. The third-order valence-electron chi connectivity index (χ3n) is 5.68. The molecule has 0 aromatic rings. The molecule has 2 atom stereocenters.